The standard InChI is InChI=1S/C15H26N2/c1-3-7-16-11-13-9-12(14(16)5-1)10-17-8-4-2-6-15(13)17/h12-15H,1-11H2/t12-,13?,14+,15?/m1/s1. The number of nitrogens with zero attached hydrogens (tertiary/aromatic N) is 2. The zero-order chi connectivity index (χ0) is 11.2. The topological polar surface area (TPSA) is 6.48 Å². The van der Waals surface area contributed by atoms with E-state index in [1.165, 1.54) is 64.7 Å². The van der Waals surface area contributed by atoms with Crippen LogP contribution in [0.5, 0.6) is 0 Å². The van der Waals surface area contributed by atoms with E-state index in [2.05, 4.69) is 9.80 Å². The molecule has 17 heavy (non-hydrogen) atoms. The maximum absolute atomic E-state index is 2.87. The van der Waals surface area contributed by atoms with Gasteiger partial charge >= 0.3 is 0 Å². The SMILES string of the molecule is C1CCN2C[C@H]3CC(CN4CCCC[C@@H]34)C2C1. The van der Waals surface area contributed by atoms with Crippen molar-refractivity contribution in [3.05, 3.63) is 0 Å². The van der Waals surface area contributed by atoms with E-state index < -0.39 is 0 Å². The van der Waals surface area contributed by atoms with Crippen LogP contribution in [0.15, 0.2) is 0 Å². The lowest BCUT2D eigenvalue weighted by Gasteiger charge is -2.57. The maximum Gasteiger partial charge on any atom is 0.0136 e. The van der Waals surface area contributed by atoms with Gasteiger partial charge < -0.3 is 0 Å². The number of hydrogen-bond acceptors (Lipinski definition) is 2. The van der Waals surface area contributed by atoms with Crippen LogP contribution in [0.4, 0.5) is 0 Å². The average Bonchev–Trinajstić information content (AvgIpc) is 2.39. The van der Waals surface area contributed by atoms with Crippen molar-refractivity contribution in [2.24, 2.45) is 11.8 Å². The van der Waals surface area contributed by atoms with Gasteiger partial charge in [-0.05, 0) is 57.0 Å². The van der Waals surface area contributed by atoms with Gasteiger partial charge in [-0.1, -0.05) is 12.8 Å². The average molecular weight is 234 g/mol. The van der Waals surface area contributed by atoms with Gasteiger partial charge in [0.05, 0.1) is 0 Å². The molecule has 0 aromatic carbocycles. The van der Waals surface area contributed by atoms with Crippen LogP contribution >= 0.6 is 0 Å². The van der Waals surface area contributed by atoms with Crippen LogP contribution in [-0.2, 0) is 0 Å². The molecule has 4 aliphatic heterocycles. The third kappa shape index (κ3) is 1.76. The van der Waals surface area contributed by atoms with Gasteiger partial charge in [0, 0.05) is 25.2 Å². The van der Waals surface area contributed by atoms with Gasteiger partial charge in [-0.2, -0.15) is 0 Å². The Hall–Kier alpha value is -0.0800. The monoisotopic (exact) mass is 234 g/mol. The highest BCUT2D eigenvalue weighted by molar-refractivity contribution is 5.00. The molecule has 2 unspecified atom stereocenters. The highest BCUT2D eigenvalue weighted by atomic mass is 15.3. The minimum Gasteiger partial charge on any atom is -0.300 e. The number of piperidine rings is 4. The Bertz CT molecular complexity index is 263. The normalized spacial score (nSPS) is 47.3. The summed E-state index contributed by atoms with van der Waals surface area (Å²) in [6, 6.07) is 1.92. The van der Waals surface area contributed by atoms with Gasteiger partial charge in [0.15, 0.2) is 0 Å². The smallest absolute Gasteiger partial charge is 0.0136 e. The third-order valence-corrected chi connectivity index (χ3v) is 5.96. The summed E-state index contributed by atoms with van der Waals surface area (Å²) in [5, 5.41) is 0. The van der Waals surface area contributed by atoms with E-state index in [1.54, 1.807) is 6.42 Å². The first-order valence-corrected chi connectivity index (χ1v) is 7.90. The molecule has 0 radical (unpaired) electrons. The molecule has 0 aliphatic carbocycles. The van der Waals surface area contributed by atoms with Gasteiger partial charge in [-0.15, -0.1) is 0 Å². The summed E-state index contributed by atoms with van der Waals surface area (Å²) in [6.07, 6.45) is 10.5. The molecule has 0 aromatic heterocycles. The summed E-state index contributed by atoms with van der Waals surface area (Å²) in [5.74, 6) is 2.03. The van der Waals surface area contributed by atoms with Crippen molar-refractivity contribution in [2.45, 2.75) is 57.0 Å². The fourth-order valence-corrected chi connectivity index (χ4v) is 5.25. The van der Waals surface area contributed by atoms with Crippen molar-refractivity contribution < 1.29 is 0 Å². The zero-order valence-corrected chi connectivity index (χ0v) is 11.0. The molecule has 2 bridgehead atoms. The Kier molecular flexibility index (Phi) is 2.69. The van der Waals surface area contributed by atoms with Crippen LogP contribution in [-0.4, -0.2) is 48.1 Å². The van der Waals surface area contributed by atoms with E-state index in [0.717, 1.165) is 23.9 Å². The molecule has 2 nitrogen and oxygen atoms in total. The first-order chi connectivity index (χ1) is 8.42. The predicted molar refractivity (Wildman–Crippen MR) is 70.0 cm³/mol. The van der Waals surface area contributed by atoms with Gasteiger partial charge in [-0.25, -0.2) is 0 Å². The second-order valence-corrected chi connectivity index (χ2v) is 6.87. The van der Waals surface area contributed by atoms with Crippen molar-refractivity contribution in [1.29, 1.82) is 0 Å². The molecule has 0 N–H and O–H groups in total. The van der Waals surface area contributed by atoms with E-state index in [1.807, 2.05) is 0 Å². The fourth-order valence-electron chi connectivity index (χ4n) is 5.25. The van der Waals surface area contributed by atoms with Gasteiger partial charge in [-0.3, -0.25) is 9.80 Å². The Balaban J connectivity index is 1.56. The summed E-state index contributed by atoms with van der Waals surface area (Å²) in [4.78, 5) is 5.74. The lowest BCUT2D eigenvalue weighted by atomic mass is 9.71. The van der Waals surface area contributed by atoms with Gasteiger partial charge in [0.2, 0.25) is 0 Å². The fraction of sp³-hybridized carbons (Fsp3) is 1.00. The number of rotatable bonds is 0. The van der Waals surface area contributed by atoms with Crippen LogP contribution in [0.3, 0.4) is 0 Å². The zero-order valence-electron chi connectivity index (χ0n) is 11.0. The van der Waals surface area contributed by atoms with Crippen molar-refractivity contribution in [3.63, 3.8) is 0 Å². The first-order valence-electron chi connectivity index (χ1n) is 7.90. The minimum absolute atomic E-state index is 0.961. The van der Waals surface area contributed by atoms with Crippen molar-refractivity contribution in [2.75, 3.05) is 26.2 Å². The van der Waals surface area contributed by atoms with E-state index in [0.29, 0.717) is 0 Å². The highest BCUT2D eigenvalue weighted by Gasteiger charge is 2.46. The quantitative estimate of drug-likeness (QED) is 0.635. The predicted octanol–water partition coefficient (Wildman–Crippen LogP) is 2.35. The minimum atomic E-state index is 0.961. The molecule has 0 spiro atoms. The first kappa shape index (κ1) is 10.8. The maximum atomic E-state index is 2.87. The van der Waals surface area contributed by atoms with Crippen molar-refractivity contribution >= 4 is 0 Å². The Morgan fingerprint density at radius 3 is 1.71 bits per heavy atom. The number of fused-ring (bicyclic) bond motifs is 6. The Morgan fingerprint density at radius 2 is 1.18 bits per heavy atom. The largest absolute Gasteiger partial charge is 0.300 e. The summed E-state index contributed by atoms with van der Waals surface area (Å²) in [5.41, 5.74) is 0. The molecule has 4 atom stereocenters. The van der Waals surface area contributed by atoms with Gasteiger partial charge in [0.1, 0.15) is 0 Å². The summed E-state index contributed by atoms with van der Waals surface area (Å²) in [7, 11) is 0. The molecule has 4 rings (SSSR count). The molecule has 0 aromatic rings. The molecular weight excluding hydrogens is 208 g/mol. The lowest BCUT2D eigenvalue weighted by Crippen LogP contribution is -2.63. The summed E-state index contributed by atoms with van der Waals surface area (Å²) < 4.78 is 0. The van der Waals surface area contributed by atoms with E-state index >= 15 is 0 Å². The third-order valence-electron chi connectivity index (χ3n) is 5.96. The van der Waals surface area contributed by atoms with Crippen LogP contribution in [0.25, 0.3) is 0 Å². The lowest BCUT2D eigenvalue weighted by molar-refractivity contribution is -0.0718. The molecule has 2 heteroatoms. The highest BCUT2D eigenvalue weighted by Crippen LogP contribution is 2.42. The Morgan fingerprint density at radius 1 is 0.647 bits per heavy atom. The summed E-state index contributed by atoms with van der Waals surface area (Å²) >= 11 is 0. The molecular formula is C15H26N2. The Labute approximate surface area is 105 Å². The van der Waals surface area contributed by atoms with E-state index in [9.17, 15) is 0 Å². The molecule has 4 saturated heterocycles. The molecule has 96 valence electrons. The molecule has 0 amide bonds. The second-order valence-electron chi connectivity index (χ2n) is 6.87. The van der Waals surface area contributed by atoms with Crippen molar-refractivity contribution in [3.8, 4) is 0 Å². The van der Waals surface area contributed by atoms with Crippen LogP contribution in [0, 0.1) is 11.8 Å². The molecule has 4 aliphatic rings. The van der Waals surface area contributed by atoms with Crippen LogP contribution in [0.1, 0.15) is 44.9 Å². The van der Waals surface area contributed by atoms with E-state index in [-0.39, 0.29) is 0 Å². The summed E-state index contributed by atoms with van der Waals surface area (Å²) in [6.45, 7) is 5.68. The number of hydrogen-bond donors (Lipinski definition) is 0. The van der Waals surface area contributed by atoms with Crippen LogP contribution in [0.2, 0.25) is 0 Å². The second kappa shape index (κ2) is 4.24. The van der Waals surface area contributed by atoms with Crippen LogP contribution < -0.4 is 0 Å². The van der Waals surface area contributed by atoms with Gasteiger partial charge in [0.25, 0.3) is 0 Å². The molecule has 4 fully saturated rings. The van der Waals surface area contributed by atoms with Crippen molar-refractivity contribution in [1.82, 2.24) is 9.80 Å². The molecule has 4 heterocycles. The molecule has 0 saturated carbocycles. The van der Waals surface area contributed by atoms with E-state index in [4.69, 9.17) is 0 Å².